The third-order valence-electron chi connectivity index (χ3n) is 2.75. The molecular formula is C14H14F2N2. The van der Waals surface area contributed by atoms with Gasteiger partial charge in [-0.2, -0.15) is 0 Å². The van der Waals surface area contributed by atoms with Crippen LogP contribution in [0, 0.1) is 11.6 Å². The Morgan fingerprint density at radius 1 is 1.06 bits per heavy atom. The summed E-state index contributed by atoms with van der Waals surface area (Å²) in [5, 5.41) is 0. The molecule has 0 unspecified atom stereocenters. The highest BCUT2D eigenvalue weighted by Crippen LogP contribution is 2.19. The lowest BCUT2D eigenvalue weighted by Gasteiger charge is -2.19. The third kappa shape index (κ3) is 2.77. The standard InChI is InChI=1S/C14H14F2N2/c1-18(13-5-3-12(17)4-6-13)9-10-8-11(15)2-7-14(10)16/h2-8H,9,17H2,1H3. The van der Waals surface area contributed by atoms with E-state index in [-0.39, 0.29) is 0 Å². The van der Waals surface area contributed by atoms with Crippen molar-refractivity contribution in [2.45, 2.75) is 6.54 Å². The van der Waals surface area contributed by atoms with Crippen LogP contribution in [0.2, 0.25) is 0 Å². The molecule has 2 rings (SSSR count). The number of nitrogens with zero attached hydrogens (tertiary/aromatic N) is 1. The SMILES string of the molecule is CN(Cc1cc(F)ccc1F)c1ccc(N)cc1. The number of halogens is 2. The summed E-state index contributed by atoms with van der Waals surface area (Å²) in [6.45, 7) is 0.299. The monoisotopic (exact) mass is 248 g/mol. The van der Waals surface area contributed by atoms with Crippen molar-refractivity contribution in [2.75, 3.05) is 17.7 Å². The minimum absolute atomic E-state index is 0.299. The van der Waals surface area contributed by atoms with Crippen LogP contribution in [0.25, 0.3) is 0 Å². The first-order chi connectivity index (χ1) is 8.56. The topological polar surface area (TPSA) is 29.3 Å². The Morgan fingerprint density at radius 3 is 2.39 bits per heavy atom. The summed E-state index contributed by atoms with van der Waals surface area (Å²) in [6.07, 6.45) is 0. The third-order valence-corrected chi connectivity index (χ3v) is 2.75. The second kappa shape index (κ2) is 5.04. The van der Waals surface area contributed by atoms with E-state index in [2.05, 4.69) is 0 Å². The molecular weight excluding hydrogens is 234 g/mol. The Bertz CT molecular complexity index is 538. The summed E-state index contributed by atoms with van der Waals surface area (Å²) in [6, 6.07) is 10.7. The molecule has 0 aliphatic heterocycles. The quantitative estimate of drug-likeness (QED) is 0.845. The van der Waals surface area contributed by atoms with Crippen LogP contribution in [0.15, 0.2) is 42.5 Å². The molecule has 0 heterocycles. The van der Waals surface area contributed by atoms with Gasteiger partial charge in [-0.25, -0.2) is 8.78 Å². The molecule has 0 fully saturated rings. The van der Waals surface area contributed by atoms with E-state index in [1.165, 1.54) is 6.07 Å². The molecule has 4 heteroatoms. The van der Waals surface area contributed by atoms with Crippen LogP contribution in [0.1, 0.15) is 5.56 Å². The summed E-state index contributed by atoms with van der Waals surface area (Å²) in [5.41, 5.74) is 7.49. The van der Waals surface area contributed by atoms with Crippen molar-refractivity contribution >= 4 is 11.4 Å². The predicted octanol–water partition coefficient (Wildman–Crippen LogP) is 3.18. The summed E-state index contributed by atoms with van der Waals surface area (Å²) in [7, 11) is 1.82. The zero-order valence-electron chi connectivity index (χ0n) is 10.0. The number of rotatable bonds is 3. The Hall–Kier alpha value is -2.10. The van der Waals surface area contributed by atoms with Crippen LogP contribution >= 0.6 is 0 Å². The van der Waals surface area contributed by atoms with E-state index in [4.69, 9.17) is 5.73 Å². The number of hydrogen-bond acceptors (Lipinski definition) is 2. The van der Waals surface area contributed by atoms with Crippen molar-refractivity contribution in [3.05, 3.63) is 59.7 Å². The van der Waals surface area contributed by atoms with Gasteiger partial charge in [0.15, 0.2) is 0 Å². The van der Waals surface area contributed by atoms with Gasteiger partial charge in [0.1, 0.15) is 11.6 Å². The second-order valence-electron chi connectivity index (χ2n) is 4.18. The summed E-state index contributed by atoms with van der Waals surface area (Å²) in [4.78, 5) is 1.83. The zero-order chi connectivity index (χ0) is 13.1. The second-order valence-corrected chi connectivity index (χ2v) is 4.18. The molecule has 0 atom stereocenters. The van der Waals surface area contributed by atoms with Crippen LogP contribution < -0.4 is 10.6 Å². The maximum atomic E-state index is 13.5. The Labute approximate surface area is 105 Å². The first kappa shape index (κ1) is 12.4. The largest absolute Gasteiger partial charge is 0.399 e. The molecule has 0 saturated carbocycles. The van der Waals surface area contributed by atoms with Gasteiger partial charge in [-0.1, -0.05) is 0 Å². The van der Waals surface area contributed by atoms with Gasteiger partial charge in [-0.3, -0.25) is 0 Å². The Kier molecular flexibility index (Phi) is 3.46. The normalized spacial score (nSPS) is 10.4. The lowest BCUT2D eigenvalue weighted by Crippen LogP contribution is -2.17. The van der Waals surface area contributed by atoms with E-state index in [0.717, 1.165) is 17.8 Å². The average Bonchev–Trinajstić information content (AvgIpc) is 2.34. The highest BCUT2D eigenvalue weighted by molar-refractivity contribution is 5.52. The molecule has 2 nitrogen and oxygen atoms in total. The number of anilines is 2. The van der Waals surface area contributed by atoms with Gasteiger partial charge in [0.2, 0.25) is 0 Å². The minimum atomic E-state index is -0.433. The lowest BCUT2D eigenvalue weighted by atomic mass is 10.2. The number of nitrogens with two attached hydrogens (primary N) is 1. The molecule has 0 aromatic heterocycles. The molecule has 0 spiro atoms. The van der Waals surface area contributed by atoms with Gasteiger partial charge in [-0.15, -0.1) is 0 Å². The zero-order valence-corrected chi connectivity index (χ0v) is 10.0. The molecule has 0 aliphatic rings. The van der Waals surface area contributed by atoms with Gasteiger partial charge in [0, 0.05) is 30.5 Å². The summed E-state index contributed by atoms with van der Waals surface area (Å²) >= 11 is 0. The van der Waals surface area contributed by atoms with Crippen molar-refractivity contribution in [1.29, 1.82) is 0 Å². The molecule has 0 aliphatic carbocycles. The van der Waals surface area contributed by atoms with Crippen molar-refractivity contribution in [1.82, 2.24) is 0 Å². The number of nitrogen functional groups attached to an aromatic ring is 1. The first-order valence-corrected chi connectivity index (χ1v) is 5.57. The van der Waals surface area contributed by atoms with Gasteiger partial charge in [0.25, 0.3) is 0 Å². The minimum Gasteiger partial charge on any atom is -0.399 e. The van der Waals surface area contributed by atoms with Crippen molar-refractivity contribution in [3.8, 4) is 0 Å². The molecule has 0 saturated heterocycles. The van der Waals surface area contributed by atoms with Crippen molar-refractivity contribution < 1.29 is 8.78 Å². The first-order valence-electron chi connectivity index (χ1n) is 5.57. The maximum Gasteiger partial charge on any atom is 0.128 e. The number of benzene rings is 2. The molecule has 2 aromatic carbocycles. The van der Waals surface area contributed by atoms with Gasteiger partial charge < -0.3 is 10.6 Å². The maximum absolute atomic E-state index is 13.5. The molecule has 0 bridgehead atoms. The van der Waals surface area contributed by atoms with Crippen LogP contribution in [0.5, 0.6) is 0 Å². The van der Waals surface area contributed by atoms with Crippen LogP contribution in [-0.2, 0) is 6.54 Å². The van der Waals surface area contributed by atoms with E-state index >= 15 is 0 Å². The smallest absolute Gasteiger partial charge is 0.128 e. The van der Waals surface area contributed by atoms with E-state index in [1.807, 2.05) is 24.1 Å². The fourth-order valence-corrected chi connectivity index (χ4v) is 1.74. The molecule has 0 amide bonds. The van der Waals surface area contributed by atoms with Gasteiger partial charge >= 0.3 is 0 Å². The van der Waals surface area contributed by atoms with E-state index in [1.54, 1.807) is 12.1 Å². The molecule has 2 N–H and O–H groups in total. The van der Waals surface area contributed by atoms with Crippen LogP contribution in [-0.4, -0.2) is 7.05 Å². The number of hydrogen-bond donors (Lipinski definition) is 1. The van der Waals surface area contributed by atoms with Crippen LogP contribution in [0.4, 0.5) is 20.2 Å². The highest BCUT2D eigenvalue weighted by atomic mass is 19.1. The van der Waals surface area contributed by atoms with Gasteiger partial charge in [-0.05, 0) is 42.5 Å². The predicted molar refractivity (Wildman–Crippen MR) is 69.3 cm³/mol. The summed E-state index contributed by atoms with van der Waals surface area (Å²) < 4.78 is 26.5. The van der Waals surface area contributed by atoms with Crippen molar-refractivity contribution in [2.24, 2.45) is 0 Å². The van der Waals surface area contributed by atoms with Crippen molar-refractivity contribution in [3.63, 3.8) is 0 Å². The highest BCUT2D eigenvalue weighted by Gasteiger charge is 2.07. The fraction of sp³-hybridized carbons (Fsp3) is 0.143. The van der Waals surface area contributed by atoms with Crippen LogP contribution in [0.3, 0.4) is 0 Å². The fourth-order valence-electron chi connectivity index (χ4n) is 1.74. The van der Waals surface area contributed by atoms with Gasteiger partial charge in [0.05, 0.1) is 0 Å². The summed E-state index contributed by atoms with van der Waals surface area (Å²) in [5.74, 6) is -0.837. The van der Waals surface area contributed by atoms with E-state index in [9.17, 15) is 8.78 Å². The van der Waals surface area contributed by atoms with E-state index < -0.39 is 11.6 Å². The molecule has 18 heavy (non-hydrogen) atoms. The Morgan fingerprint density at radius 2 is 1.72 bits per heavy atom. The molecule has 2 aromatic rings. The molecule has 0 radical (unpaired) electrons. The average molecular weight is 248 g/mol. The molecule has 94 valence electrons. The Balaban J connectivity index is 2.18. The lowest BCUT2D eigenvalue weighted by molar-refractivity contribution is 0.583. The van der Waals surface area contributed by atoms with E-state index in [0.29, 0.717) is 17.8 Å².